The molecule has 1 aliphatic rings. The van der Waals surface area contributed by atoms with Crippen LogP contribution in [0.4, 0.5) is 5.69 Å². The first-order valence-corrected chi connectivity index (χ1v) is 8.72. The van der Waals surface area contributed by atoms with Crippen molar-refractivity contribution in [2.24, 2.45) is 0 Å². The van der Waals surface area contributed by atoms with Crippen molar-refractivity contribution < 1.29 is 9.59 Å². The Bertz CT molecular complexity index is 1120. The van der Waals surface area contributed by atoms with E-state index in [0.29, 0.717) is 23.1 Å². The lowest BCUT2D eigenvalue weighted by atomic mass is 9.93. The highest BCUT2D eigenvalue weighted by Gasteiger charge is 2.27. The van der Waals surface area contributed by atoms with Crippen molar-refractivity contribution in [2.45, 2.75) is 6.42 Å². The second kappa shape index (κ2) is 7.25. The van der Waals surface area contributed by atoms with Crippen LogP contribution in [0.25, 0.3) is 16.8 Å². The molecule has 1 aromatic heterocycles. The lowest BCUT2D eigenvalue weighted by Gasteiger charge is -2.19. The Hall–Kier alpha value is -4.11. The minimum absolute atomic E-state index is 0.348. The fraction of sp³-hybridized carbons (Fsp3) is 0.0455. The molecule has 3 aromatic rings. The topological polar surface area (TPSA) is 97.8 Å². The molecule has 0 unspecified atom stereocenters. The van der Waals surface area contributed by atoms with Crippen LogP contribution < -0.4 is 10.6 Å². The van der Waals surface area contributed by atoms with E-state index >= 15 is 0 Å². The van der Waals surface area contributed by atoms with E-state index in [9.17, 15) is 9.59 Å². The number of carbonyl (C=O) groups excluding carboxylic acids is 2. The van der Waals surface area contributed by atoms with Gasteiger partial charge in [0.25, 0.3) is 11.8 Å². The highest BCUT2D eigenvalue weighted by atomic mass is 16.2. The highest BCUT2D eigenvalue weighted by molar-refractivity contribution is 6.31. The van der Waals surface area contributed by atoms with Crippen LogP contribution in [0.5, 0.6) is 0 Å². The average Bonchev–Trinajstić information content (AvgIpc) is 3.24. The van der Waals surface area contributed by atoms with Crippen LogP contribution in [0.2, 0.25) is 0 Å². The zero-order valence-electron chi connectivity index (χ0n) is 14.8. The normalized spacial score (nSPS) is 14.3. The maximum atomic E-state index is 12.4. The van der Waals surface area contributed by atoms with E-state index in [4.69, 9.17) is 5.26 Å². The van der Waals surface area contributed by atoms with E-state index in [1.54, 1.807) is 12.3 Å². The summed E-state index contributed by atoms with van der Waals surface area (Å²) in [6.07, 6.45) is 3.76. The van der Waals surface area contributed by atoms with Crippen LogP contribution in [-0.2, 0) is 11.2 Å². The third kappa shape index (κ3) is 3.29. The number of anilines is 1. The number of nitriles is 1. The van der Waals surface area contributed by atoms with Gasteiger partial charge in [0.1, 0.15) is 0 Å². The van der Waals surface area contributed by atoms with Gasteiger partial charge in [0.15, 0.2) is 0 Å². The number of nitrogens with zero attached hydrogens (tertiary/aromatic N) is 1. The number of amides is 2. The Morgan fingerprint density at radius 2 is 1.82 bits per heavy atom. The number of aromatic nitrogens is 1. The Morgan fingerprint density at radius 3 is 2.54 bits per heavy atom. The molecular weight excluding hydrogens is 352 g/mol. The lowest BCUT2D eigenvalue weighted by Crippen LogP contribution is -2.36. The van der Waals surface area contributed by atoms with Crippen LogP contribution in [0.3, 0.4) is 0 Å². The van der Waals surface area contributed by atoms with Gasteiger partial charge in [-0.25, -0.2) is 0 Å². The predicted molar refractivity (Wildman–Crippen MR) is 106 cm³/mol. The van der Waals surface area contributed by atoms with Crippen molar-refractivity contribution in [1.29, 1.82) is 5.26 Å². The molecule has 0 bridgehead atoms. The van der Waals surface area contributed by atoms with Crippen molar-refractivity contribution in [3.05, 3.63) is 83.7 Å². The predicted octanol–water partition coefficient (Wildman–Crippen LogP) is 3.47. The summed E-state index contributed by atoms with van der Waals surface area (Å²) >= 11 is 0. The van der Waals surface area contributed by atoms with E-state index in [0.717, 1.165) is 22.5 Å². The quantitative estimate of drug-likeness (QED) is 0.485. The van der Waals surface area contributed by atoms with Gasteiger partial charge in [-0.3, -0.25) is 14.9 Å². The molecule has 2 amide bonds. The van der Waals surface area contributed by atoms with Crippen LogP contribution in [0, 0.1) is 11.3 Å². The SMILES string of the molecule is N#CCc1ccc(NC=C2C(=O)NC(=O)c3ccc(-c4ccc[nH]4)cc32)cc1. The van der Waals surface area contributed by atoms with Crippen LogP contribution in [-0.4, -0.2) is 16.8 Å². The number of aromatic amines is 1. The number of benzene rings is 2. The minimum Gasteiger partial charge on any atom is -0.361 e. The largest absolute Gasteiger partial charge is 0.361 e. The number of hydrogen-bond acceptors (Lipinski definition) is 4. The maximum absolute atomic E-state index is 12.4. The molecule has 2 aromatic carbocycles. The highest BCUT2D eigenvalue weighted by Crippen LogP contribution is 2.29. The molecule has 0 aliphatic carbocycles. The van der Waals surface area contributed by atoms with E-state index in [1.165, 1.54) is 0 Å². The Labute approximate surface area is 161 Å². The molecule has 0 saturated carbocycles. The summed E-state index contributed by atoms with van der Waals surface area (Å²) in [7, 11) is 0. The van der Waals surface area contributed by atoms with E-state index in [2.05, 4.69) is 21.7 Å². The summed E-state index contributed by atoms with van der Waals surface area (Å²) in [4.78, 5) is 27.8. The Morgan fingerprint density at radius 1 is 1.00 bits per heavy atom. The molecule has 28 heavy (non-hydrogen) atoms. The number of hydrogen-bond donors (Lipinski definition) is 3. The lowest BCUT2D eigenvalue weighted by molar-refractivity contribution is -0.114. The molecular formula is C22H16N4O2. The van der Waals surface area contributed by atoms with Crippen LogP contribution >= 0.6 is 0 Å². The zero-order valence-corrected chi connectivity index (χ0v) is 14.8. The average molecular weight is 368 g/mol. The molecule has 0 radical (unpaired) electrons. The molecule has 0 fully saturated rings. The molecule has 1 aliphatic heterocycles. The van der Waals surface area contributed by atoms with Crippen molar-refractivity contribution in [2.75, 3.05) is 5.32 Å². The van der Waals surface area contributed by atoms with Gasteiger partial charge in [-0.2, -0.15) is 5.26 Å². The molecule has 3 N–H and O–H groups in total. The summed E-state index contributed by atoms with van der Waals surface area (Å²) < 4.78 is 0. The molecule has 0 atom stereocenters. The summed E-state index contributed by atoms with van der Waals surface area (Å²) in [6, 6.07) is 18.7. The number of fused-ring (bicyclic) bond motifs is 1. The van der Waals surface area contributed by atoms with Crippen molar-refractivity contribution in [1.82, 2.24) is 10.3 Å². The van der Waals surface area contributed by atoms with Crippen molar-refractivity contribution >= 4 is 23.1 Å². The van der Waals surface area contributed by atoms with E-state index in [-0.39, 0.29) is 0 Å². The summed E-state index contributed by atoms with van der Waals surface area (Å²) in [5.41, 5.74) is 4.90. The monoisotopic (exact) mass is 368 g/mol. The first kappa shape index (κ1) is 17.3. The molecule has 0 spiro atoms. The molecule has 0 saturated heterocycles. The maximum Gasteiger partial charge on any atom is 0.260 e. The van der Waals surface area contributed by atoms with Gasteiger partial charge in [-0.15, -0.1) is 0 Å². The van der Waals surface area contributed by atoms with Gasteiger partial charge < -0.3 is 10.3 Å². The van der Waals surface area contributed by atoms with Crippen LogP contribution in [0.1, 0.15) is 21.5 Å². The van der Waals surface area contributed by atoms with Gasteiger partial charge in [-0.05, 0) is 47.5 Å². The minimum atomic E-state index is -0.449. The second-order valence-electron chi connectivity index (χ2n) is 6.36. The van der Waals surface area contributed by atoms with Gasteiger partial charge in [0, 0.05) is 34.9 Å². The molecule has 4 rings (SSSR count). The fourth-order valence-corrected chi connectivity index (χ4v) is 3.11. The number of rotatable bonds is 4. The molecule has 6 nitrogen and oxygen atoms in total. The molecule has 2 heterocycles. The van der Waals surface area contributed by atoms with E-state index < -0.39 is 11.8 Å². The Kier molecular flexibility index (Phi) is 4.48. The molecule has 136 valence electrons. The zero-order chi connectivity index (χ0) is 19.5. The van der Waals surface area contributed by atoms with Crippen molar-refractivity contribution in [3.8, 4) is 17.3 Å². The third-order valence-corrected chi connectivity index (χ3v) is 4.56. The third-order valence-electron chi connectivity index (χ3n) is 4.56. The Balaban J connectivity index is 1.69. The number of H-pyrrole nitrogens is 1. The number of carbonyl (C=O) groups is 2. The standard InChI is InChI=1S/C22H16N4O2/c23-10-9-14-3-6-16(7-4-14)25-13-19-18-12-15(20-2-1-11-24-20)5-8-17(18)21(27)26-22(19)28/h1-8,11-13,24-25H,9H2,(H,26,27,28). The second-order valence-corrected chi connectivity index (χ2v) is 6.36. The first-order chi connectivity index (χ1) is 13.7. The van der Waals surface area contributed by atoms with Crippen LogP contribution in [0.15, 0.2) is 67.0 Å². The molecule has 6 heteroatoms. The number of nitrogens with one attached hydrogen (secondary N) is 3. The summed E-state index contributed by atoms with van der Waals surface area (Å²) in [5, 5.41) is 14.2. The van der Waals surface area contributed by atoms with Gasteiger partial charge in [-0.1, -0.05) is 18.2 Å². The van der Waals surface area contributed by atoms with Crippen molar-refractivity contribution in [3.63, 3.8) is 0 Å². The summed E-state index contributed by atoms with van der Waals surface area (Å²) in [5.74, 6) is -0.856. The van der Waals surface area contributed by atoms with E-state index in [1.807, 2.05) is 54.7 Å². The smallest absolute Gasteiger partial charge is 0.260 e. The summed E-state index contributed by atoms with van der Waals surface area (Å²) in [6.45, 7) is 0. The first-order valence-electron chi connectivity index (χ1n) is 8.72. The van der Waals surface area contributed by atoms with Gasteiger partial charge in [0.05, 0.1) is 18.1 Å². The van der Waals surface area contributed by atoms with Gasteiger partial charge >= 0.3 is 0 Å². The number of imide groups is 1. The fourth-order valence-electron chi connectivity index (χ4n) is 3.11. The van der Waals surface area contributed by atoms with Gasteiger partial charge in [0.2, 0.25) is 0 Å².